The third-order valence-electron chi connectivity index (χ3n) is 4.31. The number of anilines is 3. The minimum atomic E-state index is -0.181. The summed E-state index contributed by atoms with van der Waals surface area (Å²) in [5.41, 5.74) is 4.24. The molecule has 1 amide bonds. The van der Waals surface area contributed by atoms with Crippen LogP contribution in [0.4, 0.5) is 17.2 Å². The summed E-state index contributed by atoms with van der Waals surface area (Å²) in [6.07, 6.45) is 1.60. The lowest BCUT2D eigenvalue weighted by atomic mass is 10.1. The zero-order chi connectivity index (χ0) is 18.8. The predicted molar refractivity (Wildman–Crippen MR) is 104 cm³/mol. The monoisotopic (exact) mass is 361 g/mol. The third kappa shape index (κ3) is 3.69. The molecule has 0 aliphatic carbocycles. The first-order chi connectivity index (χ1) is 13.1. The van der Waals surface area contributed by atoms with Crippen molar-refractivity contribution >= 4 is 23.1 Å². The van der Waals surface area contributed by atoms with E-state index in [9.17, 15) is 4.79 Å². The smallest absolute Gasteiger partial charge is 0.255 e. The standard InChI is InChI=1S/C21H19N3O3/c1-13-3-4-14(2)17(9-13)24-21(25)15-7-8-22-20(10-15)23-16-5-6-18-19(11-16)27-12-26-18/h3-11H,12H2,1-2H3,(H,22,23)(H,24,25). The van der Waals surface area contributed by atoms with Crippen LogP contribution in [0.1, 0.15) is 21.5 Å². The van der Waals surface area contributed by atoms with Crippen LogP contribution in [-0.4, -0.2) is 17.7 Å². The molecule has 0 saturated carbocycles. The number of carbonyl (C=O) groups excluding carboxylic acids is 1. The molecule has 2 heterocycles. The number of nitrogens with one attached hydrogen (secondary N) is 2. The maximum atomic E-state index is 12.6. The first-order valence-electron chi connectivity index (χ1n) is 8.60. The highest BCUT2D eigenvalue weighted by Gasteiger charge is 2.14. The van der Waals surface area contributed by atoms with E-state index in [1.54, 1.807) is 18.3 Å². The number of nitrogens with zero attached hydrogens (tertiary/aromatic N) is 1. The van der Waals surface area contributed by atoms with E-state index in [1.807, 2.05) is 50.2 Å². The van der Waals surface area contributed by atoms with Crippen LogP contribution in [0, 0.1) is 13.8 Å². The molecule has 0 unspecified atom stereocenters. The van der Waals surface area contributed by atoms with E-state index in [0.717, 1.165) is 28.3 Å². The largest absolute Gasteiger partial charge is 0.454 e. The number of amides is 1. The Labute approximate surface area is 157 Å². The minimum absolute atomic E-state index is 0.181. The number of fused-ring (bicyclic) bond motifs is 1. The van der Waals surface area contributed by atoms with Gasteiger partial charge in [0, 0.05) is 29.2 Å². The van der Waals surface area contributed by atoms with Gasteiger partial charge in [-0.2, -0.15) is 0 Å². The Morgan fingerprint density at radius 3 is 2.74 bits per heavy atom. The van der Waals surface area contributed by atoms with Crippen molar-refractivity contribution in [3.63, 3.8) is 0 Å². The molecule has 2 aromatic carbocycles. The van der Waals surface area contributed by atoms with Gasteiger partial charge < -0.3 is 20.1 Å². The van der Waals surface area contributed by atoms with Gasteiger partial charge >= 0.3 is 0 Å². The molecule has 0 saturated heterocycles. The van der Waals surface area contributed by atoms with Crippen LogP contribution in [-0.2, 0) is 0 Å². The van der Waals surface area contributed by atoms with Crippen LogP contribution in [0.15, 0.2) is 54.7 Å². The number of pyridine rings is 1. The number of aryl methyl sites for hydroxylation is 2. The van der Waals surface area contributed by atoms with E-state index in [2.05, 4.69) is 15.6 Å². The highest BCUT2D eigenvalue weighted by Crippen LogP contribution is 2.35. The number of hydrogen-bond acceptors (Lipinski definition) is 5. The van der Waals surface area contributed by atoms with Crippen molar-refractivity contribution in [3.8, 4) is 11.5 Å². The minimum Gasteiger partial charge on any atom is -0.454 e. The lowest BCUT2D eigenvalue weighted by Gasteiger charge is -2.11. The van der Waals surface area contributed by atoms with Gasteiger partial charge in [0.15, 0.2) is 11.5 Å². The molecular formula is C21H19N3O3. The van der Waals surface area contributed by atoms with Crippen LogP contribution < -0.4 is 20.1 Å². The van der Waals surface area contributed by atoms with Crippen LogP contribution in [0.2, 0.25) is 0 Å². The molecular weight excluding hydrogens is 342 g/mol. The second-order valence-electron chi connectivity index (χ2n) is 6.40. The summed E-state index contributed by atoms with van der Waals surface area (Å²) in [6, 6.07) is 14.9. The Hall–Kier alpha value is -3.54. The topological polar surface area (TPSA) is 72.5 Å². The van der Waals surface area contributed by atoms with Crippen molar-refractivity contribution in [2.75, 3.05) is 17.4 Å². The molecule has 27 heavy (non-hydrogen) atoms. The SMILES string of the molecule is Cc1ccc(C)c(NC(=O)c2ccnc(Nc3ccc4c(c3)OCO4)c2)c1. The van der Waals surface area contributed by atoms with E-state index in [-0.39, 0.29) is 12.7 Å². The van der Waals surface area contributed by atoms with Gasteiger partial charge in [-0.1, -0.05) is 12.1 Å². The second kappa shape index (κ2) is 6.99. The maximum absolute atomic E-state index is 12.6. The quantitative estimate of drug-likeness (QED) is 0.719. The van der Waals surface area contributed by atoms with Crippen molar-refractivity contribution in [2.45, 2.75) is 13.8 Å². The highest BCUT2D eigenvalue weighted by molar-refractivity contribution is 6.05. The number of hydrogen-bond donors (Lipinski definition) is 2. The first kappa shape index (κ1) is 16.9. The summed E-state index contributed by atoms with van der Waals surface area (Å²) in [4.78, 5) is 16.9. The van der Waals surface area contributed by atoms with E-state index < -0.39 is 0 Å². The van der Waals surface area contributed by atoms with Crippen molar-refractivity contribution in [3.05, 3.63) is 71.4 Å². The van der Waals surface area contributed by atoms with E-state index in [0.29, 0.717) is 17.1 Å². The Morgan fingerprint density at radius 1 is 1.00 bits per heavy atom. The van der Waals surface area contributed by atoms with Gasteiger partial charge in [-0.05, 0) is 55.3 Å². The van der Waals surface area contributed by atoms with Crippen LogP contribution >= 0.6 is 0 Å². The van der Waals surface area contributed by atoms with Gasteiger partial charge in [0.05, 0.1) is 0 Å². The van der Waals surface area contributed by atoms with Crippen LogP contribution in [0.5, 0.6) is 11.5 Å². The summed E-state index contributed by atoms with van der Waals surface area (Å²) in [5, 5.41) is 6.15. The molecule has 136 valence electrons. The highest BCUT2D eigenvalue weighted by atomic mass is 16.7. The summed E-state index contributed by atoms with van der Waals surface area (Å²) in [7, 11) is 0. The summed E-state index contributed by atoms with van der Waals surface area (Å²) in [5.74, 6) is 1.79. The summed E-state index contributed by atoms with van der Waals surface area (Å²) >= 11 is 0. The molecule has 0 bridgehead atoms. The van der Waals surface area contributed by atoms with Gasteiger partial charge in [0.1, 0.15) is 5.82 Å². The molecule has 3 aromatic rings. The van der Waals surface area contributed by atoms with E-state index in [4.69, 9.17) is 9.47 Å². The Kier molecular flexibility index (Phi) is 4.38. The molecule has 6 nitrogen and oxygen atoms in total. The van der Waals surface area contributed by atoms with Crippen molar-refractivity contribution in [2.24, 2.45) is 0 Å². The van der Waals surface area contributed by atoms with Gasteiger partial charge in [-0.25, -0.2) is 4.98 Å². The molecule has 1 aliphatic rings. The Balaban J connectivity index is 1.52. The molecule has 0 atom stereocenters. The molecule has 2 N–H and O–H groups in total. The average molecular weight is 361 g/mol. The zero-order valence-corrected chi connectivity index (χ0v) is 15.1. The lowest BCUT2D eigenvalue weighted by Crippen LogP contribution is -2.13. The fourth-order valence-corrected chi connectivity index (χ4v) is 2.83. The van der Waals surface area contributed by atoms with Crippen molar-refractivity contribution < 1.29 is 14.3 Å². The Bertz CT molecular complexity index is 1020. The van der Waals surface area contributed by atoms with Gasteiger partial charge in [0.2, 0.25) is 6.79 Å². The normalized spacial score (nSPS) is 11.9. The second-order valence-corrected chi connectivity index (χ2v) is 6.40. The van der Waals surface area contributed by atoms with Crippen molar-refractivity contribution in [1.29, 1.82) is 0 Å². The summed E-state index contributed by atoms with van der Waals surface area (Å²) < 4.78 is 10.7. The Morgan fingerprint density at radius 2 is 1.85 bits per heavy atom. The third-order valence-corrected chi connectivity index (χ3v) is 4.31. The molecule has 4 rings (SSSR count). The number of rotatable bonds is 4. The molecule has 0 radical (unpaired) electrons. The number of carbonyl (C=O) groups is 1. The fourth-order valence-electron chi connectivity index (χ4n) is 2.83. The molecule has 0 spiro atoms. The predicted octanol–water partition coefficient (Wildman–Crippen LogP) is 4.42. The zero-order valence-electron chi connectivity index (χ0n) is 15.1. The van der Waals surface area contributed by atoms with Crippen LogP contribution in [0.25, 0.3) is 0 Å². The maximum Gasteiger partial charge on any atom is 0.255 e. The molecule has 1 aromatic heterocycles. The van der Waals surface area contributed by atoms with Crippen molar-refractivity contribution in [1.82, 2.24) is 4.98 Å². The number of benzene rings is 2. The van der Waals surface area contributed by atoms with E-state index in [1.165, 1.54) is 0 Å². The first-order valence-corrected chi connectivity index (χ1v) is 8.60. The molecule has 0 fully saturated rings. The van der Waals surface area contributed by atoms with Gasteiger partial charge in [-0.15, -0.1) is 0 Å². The van der Waals surface area contributed by atoms with Crippen LogP contribution in [0.3, 0.4) is 0 Å². The van der Waals surface area contributed by atoms with Gasteiger partial charge in [0.25, 0.3) is 5.91 Å². The lowest BCUT2D eigenvalue weighted by molar-refractivity contribution is 0.102. The molecule has 6 heteroatoms. The molecule has 1 aliphatic heterocycles. The van der Waals surface area contributed by atoms with Gasteiger partial charge in [-0.3, -0.25) is 4.79 Å². The average Bonchev–Trinajstić information content (AvgIpc) is 3.13. The summed E-state index contributed by atoms with van der Waals surface area (Å²) in [6.45, 7) is 4.19. The number of aromatic nitrogens is 1. The van der Waals surface area contributed by atoms with E-state index >= 15 is 0 Å². The fraction of sp³-hybridized carbons (Fsp3) is 0.143. The number of ether oxygens (including phenoxy) is 2.